The molecular weight excluding hydrogens is 782 g/mol. The van der Waals surface area contributed by atoms with Crippen LogP contribution in [0.2, 0.25) is 5.02 Å². The topological polar surface area (TPSA) is 203 Å². The van der Waals surface area contributed by atoms with E-state index in [9.17, 15) is 29.4 Å². The van der Waals surface area contributed by atoms with Gasteiger partial charge in [-0.2, -0.15) is 0 Å². The fourth-order valence-electron chi connectivity index (χ4n) is 7.49. The maximum atomic E-state index is 14.3. The molecule has 8 atom stereocenters. The Bertz CT molecular complexity index is 2160. The maximum Gasteiger partial charge on any atom is 0.409 e. The van der Waals surface area contributed by atoms with E-state index in [-0.39, 0.29) is 17.0 Å². The largest absolute Gasteiger partial charge is 0.495 e. The standard InChI is InChI=1S/C43H54ClN5O10/c1-23-11-10-12-34(57-9)43(55)22-33(58-41(53)47-43)24(2)25(3)42(5,54)35(21-37(50)49(7)31-18-27(17-23)19-32(56-8)38(31)44)59-40(52)26(4)48(6)39(51)29-13-15-30-28(20-29)14-16-36(45)46-30/h10-16,18-20,24-26,33-35,54-55H,17,21-22H2,1-9H3,(H2,45,46)(H,47,53)/b12-10+,23-11+/t24-,25-,26-,33-,34+,35-,42+,43-/m0/s1. The molecule has 16 heteroatoms. The number of nitrogens with two attached hydrogens (primary N) is 1. The van der Waals surface area contributed by atoms with Crippen molar-refractivity contribution in [3.8, 4) is 5.75 Å². The number of hydrogen-bond donors (Lipinski definition) is 4. The third-order valence-electron chi connectivity index (χ3n) is 11.8. The van der Waals surface area contributed by atoms with Crippen LogP contribution < -0.4 is 20.7 Å². The first-order valence-electron chi connectivity index (χ1n) is 19.3. The molecule has 0 radical (unpaired) electrons. The highest BCUT2D eigenvalue weighted by molar-refractivity contribution is 6.35. The highest BCUT2D eigenvalue weighted by Crippen LogP contribution is 2.40. The number of allylic oxidation sites excluding steroid dienone is 3. The number of likely N-dealkylation sites (N-methyl/N-ethyl adjacent to an activating group) is 1. The van der Waals surface area contributed by atoms with Crippen molar-refractivity contribution in [1.29, 1.82) is 0 Å². The maximum absolute atomic E-state index is 14.3. The monoisotopic (exact) mass is 835 g/mol. The summed E-state index contributed by atoms with van der Waals surface area (Å²) in [6.07, 6.45) is 0.571. The third-order valence-corrected chi connectivity index (χ3v) is 12.1. The Hall–Kier alpha value is -5.22. The Morgan fingerprint density at radius 1 is 1.14 bits per heavy atom. The Morgan fingerprint density at radius 2 is 1.85 bits per heavy atom. The number of esters is 1. The van der Waals surface area contributed by atoms with Crippen LogP contribution in [0.3, 0.4) is 0 Å². The van der Waals surface area contributed by atoms with Crippen LogP contribution in [-0.2, 0) is 30.2 Å². The molecule has 59 heavy (non-hydrogen) atoms. The molecule has 2 aliphatic rings. The number of aliphatic hydroxyl groups is 2. The van der Waals surface area contributed by atoms with Gasteiger partial charge in [0.05, 0.1) is 24.7 Å². The van der Waals surface area contributed by atoms with Crippen LogP contribution in [-0.4, -0.2) is 108 Å². The van der Waals surface area contributed by atoms with Crippen molar-refractivity contribution >= 4 is 57.9 Å². The molecule has 2 aromatic carbocycles. The molecule has 15 nitrogen and oxygen atoms in total. The number of methoxy groups -OCH3 is 2. The summed E-state index contributed by atoms with van der Waals surface area (Å²) in [6.45, 7) is 8.20. The predicted octanol–water partition coefficient (Wildman–Crippen LogP) is 5.19. The molecule has 0 unspecified atom stereocenters. The molecule has 1 fully saturated rings. The number of ether oxygens (including phenoxy) is 4. The summed E-state index contributed by atoms with van der Waals surface area (Å²) in [5.74, 6) is -2.82. The average molecular weight is 836 g/mol. The number of amides is 3. The summed E-state index contributed by atoms with van der Waals surface area (Å²) in [6, 6.07) is 10.6. The normalized spacial score (nSPS) is 28.7. The van der Waals surface area contributed by atoms with Gasteiger partial charge >= 0.3 is 12.1 Å². The number of carbonyl (C=O) groups is 4. The quantitative estimate of drug-likeness (QED) is 0.237. The lowest BCUT2D eigenvalue weighted by atomic mass is 9.73. The number of carbonyl (C=O) groups excluding carboxylic acids is 4. The number of aromatic nitrogens is 1. The fourth-order valence-corrected chi connectivity index (χ4v) is 7.80. The number of nitrogens with one attached hydrogen (secondary N) is 1. The van der Waals surface area contributed by atoms with Gasteiger partial charge in [-0.3, -0.25) is 14.9 Å². The Labute approximate surface area is 349 Å². The average Bonchev–Trinajstić information content (AvgIpc) is 3.19. The minimum atomic E-state index is -1.97. The first-order valence-corrected chi connectivity index (χ1v) is 19.7. The van der Waals surface area contributed by atoms with E-state index in [4.69, 9.17) is 36.3 Å². The second kappa shape index (κ2) is 18.0. The molecule has 5 rings (SSSR count). The van der Waals surface area contributed by atoms with Crippen LogP contribution in [0, 0.1) is 11.8 Å². The smallest absolute Gasteiger partial charge is 0.409 e. The molecule has 1 saturated heterocycles. The van der Waals surface area contributed by atoms with E-state index in [2.05, 4.69) is 10.3 Å². The van der Waals surface area contributed by atoms with E-state index in [0.717, 1.165) is 11.1 Å². The minimum Gasteiger partial charge on any atom is -0.495 e. The highest BCUT2D eigenvalue weighted by atomic mass is 35.5. The van der Waals surface area contributed by atoms with Crippen LogP contribution >= 0.6 is 11.6 Å². The van der Waals surface area contributed by atoms with Gasteiger partial charge in [0, 0.05) is 38.6 Å². The molecule has 1 aromatic heterocycles. The van der Waals surface area contributed by atoms with Gasteiger partial charge in [-0.25, -0.2) is 14.6 Å². The van der Waals surface area contributed by atoms with Crippen molar-refractivity contribution in [2.75, 3.05) is 38.9 Å². The Kier molecular flexibility index (Phi) is 13.7. The second-order valence-electron chi connectivity index (χ2n) is 15.8. The summed E-state index contributed by atoms with van der Waals surface area (Å²) in [5.41, 5.74) is 4.79. The van der Waals surface area contributed by atoms with Gasteiger partial charge in [-0.1, -0.05) is 49.2 Å². The third kappa shape index (κ3) is 9.65. The molecule has 0 spiro atoms. The number of halogens is 1. The molecule has 318 valence electrons. The molecule has 0 aliphatic carbocycles. The minimum absolute atomic E-state index is 0.135. The SMILES string of the molecule is COc1cc2cc(c1Cl)N(C)C(=O)C[C@H](OC(=O)[C@H](C)N(C)C(=O)c1ccc3nc(N)ccc3c1)[C@](C)(O)[C@@H](C)[C@H](C)[C@@H]1C[C@@](O)(NC(=O)O1)[C@H](OC)/C=C/C=C(\C)C2. The molecule has 5 N–H and O–H groups in total. The summed E-state index contributed by atoms with van der Waals surface area (Å²) in [5, 5.41) is 27.6. The zero-order valence-corrected chi connectivity index (χ0v) is 35.6. The number of pyridine rings is 1. The lowest BCUT2D eigenvalue weighted by Crippen LogP contribution is -2.64. The fraction of sp³-hybridized carbons (Fsp3) is 0.465. The number of alkyl carbamates (subject to hydrolysis) is 1. The number of benzene rings is 2. The number of nitrogens with zero attached hydrogens (tertiary/aromatic N) is 3. The molecule has 2 aliphatic heterocycles. The van der Waals surface area contributed by atoms with E-state index < -0.39 is 77.8 Å². The van der Waals surface area contributed by atoms with E-state index in [1.807, 2.05) is 13.0 Å². The van der Waals surface area contributed by atoms with Gasteiger partial charge < -0.3 is 44.7 Å². The zero-order valence-electron chi connectivity index (χ0n) is 34.8. The van der Waals surface area contributed by atoms with Gasteiger partial charge in [-0.05, 0) is 87.1 Å². The van der Waals surface area contributed by atoms with Crippen molar-refractivity contribution in [2.24, 2.45) is 11.8 Å². The number of anilines is 2. The van der Waals surface area contributed by atoms with Gasteiger partial charge in [0.15, 0.2) is 5.72 Å². The number of fused-ring (bicyclic) bond motifs is 5. The molecule has 3 amide bonds. The van der Waals surface area contributed by atoms with Crippen LogP contribution in [0.4, 0.5) is 16.3 Å². The lowest BCUT2D eigenvalue weighted by Gasteiger charge is -2.46. The highest BCUT2D eigenvalue weighted by Gasteiger charge is 2.51. The molecule has 3 aromatic rings. The number of hydrogen-bond acceptors (Lipinski definition) is 12. The van der Waals surface area contributed by atoms with Gasteiger partial charge in [0.1, 0.15) is 46.5 Å². The summed E-state index contributed by atoms with van der Waals surface area (Å²) in [7, 11) is 5.83. The van der Waals surface area contributed by atoms with Crippen LogP contribution in [0.5, 0.6) is 5.75 Å². The molecule has 4 bridgehead atoms. The van der Waals surface area contributed by atoms with Crippen molar-refractivity contribution < 1.29 is 48.3 Å². The van der Waals surface area contributed by atoms with Gasteiger partial charge in [0.2, 0.25) is 5.91 Å². The zero-order chi connectivity index (χ0) is 43.6. The second-order valence-corrected chi connectivity index (χ2v) is 16.1. The van der Waals surface area contributed by atoms with E-state index in [0.29, 0.717) is 34.6 Å². The van der Waals surface area contributed by atoms with E-state index >= 15 is 0 Å². The van der Waals surface area contributed by atoms with Crippen molar-refractivity contribution in [3.63, 3.8) is 0 Å². The van der Waals surface area contributed by atoms with Crippen LogP contribution in [0.15, 0.2) is 66.3 Å². The first kappa shape index (κ1) is 44.9. The Balaban J connectivity index is 1.53. The van der Waals surface area contributed by atoms with Crippen molar-refractivity contribution in [1.82, 2.24) is 15.2 Å². The Morgan fingerprint density at radius 3 is 2.53 bits per heavy atom. The number of nitrogen functional groups attached to an aromatic ring is 1. The van der Waals surface area contributed by atoms with Crippen LogP contribution in [0.1, 0.15) is 63.4 Å². The van der Waals surface area contributed by atoms with Crippen LogP contribution in [0.25, 0.3) is 10.9 Å². The lowest BCUT2D eigenvalue weighted by molar-refractivity contribution is -0.185. The van der Waals surface area contributed by atoms with Crippen molar-refractivity contribution in [2.45, 2.75) is 89.6 Å². The summed E-state index contributed by atoms with van der Waals surface area (Å²) < 4.78 is 23.0. The first-order chi connectivity index (χ1) is 27.7. The van der Waals surface area contributed by atoms with E-state index in [1.54, 1.807) is 68.5 Å². The summed E-state index contributed by atoms with van der Waals surface area (Å²) in [4.78, 5) is 61.8. The molecular formula is C43H54ClN5O10. The molecule has 0 saturated carbocycles. The summed E-state index contributed by atoms with van der Waals surface area (Å²) >= 11 is 6.78. The predicted molar refractivity (Wildman–Crippen MR) is 223 cm³/mol. The molecule has 3 heterocycles. The van der Waals surface area contributed by atoms with Gasteiger partial charge in [-0.15, -0.1) is 0 Å². The van der Waals surface area contributed by atoms with Gasteiger partial charge in [0.25, 0.3) is 5.91 Å². The van der Waals surface area contributed by atoms with Crippen molar-refractivity contribution in [3.05, 3.63) is 82.4 Å². The number of rotatable bonds is 6. The van der Waals surface area contributed by atoms with E-state index in [1.165, 1.54) is 52.0 Å².